The second-order valence-electron chi connectivity index (χ2n) is 2.19. The molecule has 1 rings (SSSR count). The first-order chi connectivity index (χ1) is 5.41. The summed E-state index contributed by atoms with van der Waals surface area (Å²) in [4.78, 5) is -0.474. The molecule has 0 aliphatic rings. The van der Waals surface area contributed by atoms with Crippen molar-refractivity contribution in [2.45, 2.75) is 4.90 Å². The van der Waals surface area contributed by atoms with Crippen molar-refractivity contribution in [1.29, 1.82) is 0 Å². The molecule has 2 radical (unpaired) electrons. The molecule has 0 aliphatic carbocycles. The van der Waals surface area contributed by atoms with Crippen LogP contribution in [0.5, 0.6) is 0 Å². The molecule has 1 aromatic carbocycles. The van der Waals surface area contributed by atoms with Crippen molar-refractivity contribution in [2.75, 3.05) is 0 Å². The van der Waals surface area contributed by atoms with Crippen LogP contribution in [0.3, 0.4) is 0 Å². The largest absolute Gasteiger partial charge is 0.301 e. The Balaban J connectivity index is 3.39. The zero-order valence-corrected chi connectivity index (χ0v) is 6.72. The van der Waals surface area contributed by atoms with E-state index in [-0.39, 0.29) is 11.4 Å². The van der Waals surface area contributed by atoms with Crippen molar-refractivity contribution in [2.24, 2.45) is 0 Å². The second kappa shape index (κ2) is 2.65. The Morgan fingerprint density at radius 1 is 1.25 bits per heavy atom. The third-order valence-corrected chi connectivity index (χ3v) is 2.17. The lowest BCUT2D eigenvalue weighted by Gasteiger charge is -2.00. The fourth-order valence-corrected chi connectivity index (χ4v) is 1.33. The number of benzene rings is 1. The van der Waals surface area contributed by atoms with Gasteiger partial charge in [0.2, 0.25) is 0 Å². The third-order valence-electron chi connectivity index (χ3n) is 1.26. The van der Waals surface area contributed by atoms with Crippen LogP contribution in [0.15, 0.2) is 23.1 Å². The van der Waals surface area contributed by atoms with Crippen LogP contribution in [0.2, 0.25) is 0 Å². The van der Waals surface area contributed by atoms with E-state index in [9.17, 15) is 8.42 Å². The van der Waals surface area contributed by atoms with Gasteiger partial charge >= 0.3 is 0 Å². The van der Waals surface area contributed by atoms with Crippen LogP contribution in [0.25, 0.3) is 0 Å². The standard InChI is InChI=1S/C6H6N2O3S/c7-4-1-2-6(5(8)3-4)12(9,10)11/h1-3,7-8H,(H,9,10,11). The predicted molar refractivity (Wildman–Crippen MR) is 41.8 cm³/mol. The topological polar surface area (TPSA) is 102 Å². The summed E-state index contributed by atoms with van der Waals surface area (Å²) in [6, 6.07) is 3.27. The SMILES string of the molecule is [NH]c1ccc(S(=O)(=O)O)c([NH])c1. The van der Waals surface area contributed by atoms with E-state index in [1.807, 2.05) is 0 Å². The molecular formula is C6H6N2O3S. The van der Waals surface area contributed by atoms with Gasteiger partial charge in [-0.25, -0.2) is 0 Å². The van der Waals surface area contributed by atoms with Crippen molar-refractivity contribution < 1.29 is 13.0 Å². The van der Waals surface area contributed by atoms with Crippen LogP contribution in [-0.4, -0.2) is 13.0 Å². The van der Waals surface area contributed by atoms with Gasteiger partial charge in [0.15, 0.2) is 0 Å². The lowest BCUT2D eigenvalue weighted by atomic mass is 10.3. The average molecular weight is 186 g/mol. The van der Waals surface area contributed by atoms with Crippen LogP contribution >= 0.6 is 0 Å². The van der Waals surface area contributed by atoms with Gasteiger partial charge in [-0.15, -0.1) is 0 Å². The Morgan fingerprint density at radius 2 is 1.83 bits per heavy atom. The van der Waals surface area contributed by atoms with E-state index < -0.39 is 15.0 Å². The maximum absolute atomic E-state index is 10.5. The van der Waals surface area contributed by atoms with Crippen molar-refractivity contribution >= 4 is 21.5 Å². The molecule has 3 N–H and O–H groups in total. The van der Waals surface area contributed by atoms with Gasteiger partial charge in [-0.05, 0) is 18.2 Å². The summed E-state index contributed by atoms with van der Waals surface area (Å²) < 4.78 is 29.6. The summed E-state index contributed by atoms with van der Waals surface area (Å²) in [7, 11) is -4.32. The minimum absolute atomic E-state index is 0.0346. The second-order valence-corrected chi connectivity index (χ2v) is 3.58. The molecule has 6 heteroatoms. The fraction of sp³-hybridized carbons (Fsp3) is 0. The molecule has 0 aliphatic heterocycles. The highest BCUT2D eigenvalue weighted by Crippen LogP contribution is 2.22. The molecule has 12 heavy (non-hydrogen) atoms. The molecule has 0 amide bonds. The Morgan fingerprint density at radius 3 is 2.25 bits per heavy atom. The van der Waals surface area contributed by atoms with Gasteiger partial charge in [-0.1, -0.05) is 0 Å². The molecule has 5 nitrogen and oxygen atoms in total. The number of rotatable bonds is 1. The zero-order valence-electron chi connectivity index (χ0n) is 5.90. The van der Waals surface area contributed by atoms with Crippen LogP contribution in [0.4, 0.5) is 11.4 Å². The van der Waals surface area contributed by atoms with E-state index in [2.05, 4.69) is 0 Å². The molecule has 0 bridgehead atoms. The summed E-state index contributed by atoms with van der Waals surface area (Å²) >= 11 is 0. The molecule has 0 heterocycles. The third kappa shape index (κ3) is 1.66. The van der Waals surface area contributed by atoms with Gasteiger partial charge in [-0.2, -0.15) is 8.42 Å². The van der Waals surface area contributed by atoms with Crippen LogP contribution in [0, 0.1) is 0 Å². The number of hydrogen-bond acceptors (Lipinski definition) is 2. The average Bonchev–Trinajstić information content (AvgIpc) is 1.83. The van der Waals surface area contributed by atoms with Gasteiger partial charge in [0, 0.05) is 0 Å². The molecule has 64 valence electrons. The maximum atomic E-state index is 10.5. The minimum Gasteiger partial charge on any atom is -0.301 e. The van der Waals surface area contributed by atoms with E-state index in [1.54, 1.807) is 0 Å². The van der Waals surface area contributed by atoms with Crippen molar-refractivity contribution in [3.63, 3.8) is 0 Å². The summed E-state index contributed by atoms with van der Waals surface area (Å²) in [6.45, 7) is 0. The zero-order chi connectivity index (χ0) is 9.35. The summed E-state index contributed by atoms with van der Waals surface area (Å²) in [5.41, 5.74) is 13.8. The lowest BCUT2D eigenvalue weighted by Crippen LogP contribution is -1.98. The van der Waals surface area contributed by atoms with E-state index in [0.29, 0.717) is 0 Å². The Bertz CT molecular complexity index is 399. The Kier molecular flexibility index (Phi) is 1.95. The molecule has 0 saturated carbocycles. The molecule has 0 atom stereocenters. The molecular weight excluding hydrogens is 180 g/mol. The maximum Gasteiger partial charge on any atom is 0.296 e. The summed E-state index contributed by atoms with van der Waals surface area (Å²) in [5, 5.41) is 0. The first-order valence-electron chi connectivity index (χ1n) is 2.96. The molecule has 0 unspecified atom stereocenters. The van der Waals surface area contributed by atoms with Crippen molar-refractivity contribution in [1.82, 2.24) is 11.5 Å². The van der Waals surface area contributed by atoms with Gasteiger partial charge < -0.3 is 5.73 Å². The van der Waals surface area contributed by atoms with E-state index in [0.717, 1.165) is 12.1 Å². The van der Waals surface area contributed by atoms with Crippen LogP contribution in [0.1, 0.15) is 0 Å². The van der Waals surface area contributed by atoms with Gasteiger partial charge in [-0.3, -0.25) is 10.3 Å². The van der Waals surface area contributed by atoms with E-state index in [4.69, 9.17) is 16.0 Å². The lowest BCUT2D eigenvalue weighted by molar-refractivity contribution is 0.483. The first kappa shape index (κ1) is 8.82. The Hall–Kier alpha value is -1.27. The smallest absolute Gasteiger partial charge is 0.296 e. The predicted octanol–water partition coefficient (Wildman–Crippen LogP) is 0.762. The van der Waals surface area contributed by atoms with Gasteiger partial charge in [0.1, 0.15) is 4.90 Å². The van der Waals surface area contributed by atoms with Crippen LogP contribution in [-0.2, 0) is 10.1 Å². The molecule has 0 saturated heterocycles. The monoisotopic (exact) mass is 186 g/mol. The molecule has 0 fully saturated rings. The summed E-state index contributed by atoms with van der Waals surface area (Å²) in [6.07, 6.45) is 0. The highest BCUT2D eigenvalue weighted by Gasteiger charge is 2.13. The highest BCUT2D eigenvalue weighted by molar-refractivity contribution is 7.86. The van der Waals surface area contributed by atoms with Gasteiger partial charge in [0.25, 0.3) is 10.1 Å². The number of hydrogen-bond donors (Lipinski definition) is 1. The normalized spacial score (nSPS) is 11.4. The van der Waals surface area contributed by atoms with Crippen molar-refractivity contribution in [3.05, 3.63) is 18.2 Å². The fourth-order valence-electron chi connectivity index (χ4n) is 0.755. The number of nitrogens with one attached hydrogen (secondary N) is 2. The minimum atomic E-state index is -4.32. The first-order valence-corrected chi connectivity index (χ1v) is 4.40. The van der Waals surface area contributed by atoms with Gasteiger partial charge in [0.05, 0.1) is 11.4 Å². The quantitative estimate of drug-likeness (QED) is 0.655. The molecule has 0 spiro atoms. The molecule has 0 aromatic heterocycles. The van der Waals surface area contributed by atoms with Crippen LogP contribution < -0.4 is 11.5 Å². The summed E-state index contributed by atoms with van der Waals surface area (Å²) in [5.74, 6) is 0. The van der Waals surface area contributed by atoms with E-state index >= 15 is 0 Å². The Labute approximate surface area is 69.7 Å². The molecule has 1 aromatic rings. The van der Waals surface area contributed by atoms with Crippen molar-refractivity contribution in [3.8, 4) is 0 Å². The highest BCUT2D eigenvalue weighted by atomic mass is 32.2. The van der Waals surface area contributed by atoms with E-state index in [1.165, 1.54) is 6.07 Å².